The molecule has 28 heavy (non-hydrogen) atoms. The number of fused-ring (bicyclic) bond motifs is 4. The Bertz CT molecular complexity index is 922. The Morgan fingerprint density at radius 2 is 1.93 bits per heavy atom. The second-order valence-corrected chi connectivity index (χ2v) is 8.54. The van der Waals surface area contributed by atoms with E-state index in [1.165, 1.54) is 4.90 Å². The molecule has 4 rings (SSSR count). The summed E-state index contributed by atoms with van der Waals surface area (Å²) in [6, 6.07) is 12.2. The molecule has 2 aliphatic heterocycles. The van der Waals surface area contributed by atoms with Crippen molar-refractivity contribution in [3.05, 3.63) is 52.4 Å². The molecule has 2 aliphatic rings. The van der Waals surface area contributed by atoms with Crippen LogP contribution in [0.3, 0.4) is 0 Å². The number of amides is 1. The predicted molar refractivity (Wildman–Crippen MR) is 112 cm³/mol. The highest BCUT2D eigenvalue weighted by Gasteiger charge is 2.36. The lowest BCUT2D eigenvalue weighted by molar-refractivity contribution is -0.134. The van der Waals surface area contributed by atoms with E-state index in [0.717, 1.165) is 29.8 Å². The lowest BCUT2D eigenvalue weighted by atomic mass is 9.82. The fourth-order valence-electron chi connectivity index (χ4n) is 4.49. The minimum Gasteiger partial charge on any atom is -0.384 e. The number of ether oxygens (including phenoxy) is 1. The summed E-state index contributed by atoms with van der Waals surface area (Å²) in [7, 11) is 1.62. The van der Waals surface area contributed by atoms with Gasteiger partial charge in [-0.2, -0.15) is 0 Å². The highest BCUT2D eigenvalue weighted by molar-refractivity contribution is 7.98. The van der Waals surface area contributed by atoms with Gasteiger partial charge in [0.15, 0.2) is 0 Å². The molecule has 1 aromatic carbocycles. The Hall–Kier alpha value is -2.05. The first-order chi connectivity index (χ1) is 13.6. The van der Waals surface area contributed by atoms with Gasteiger partial charge in [-0.1, -0.05) is 12.1 Å². The van der Waals surface area contributed by atoms with Gasteiger partial charge < -0.3 is 14.2 Å². The van der Waals surface area contributed by atoms with Crippen LogP contribution in [0.2, 0.25) is 0 Å². The van der Waals surface area contributed by atoms with Gasteiger partial charge in [-0.05, 0) is 48.4 Å². The number of piperidine rings is 1. The number of hydrogen-bond acceptors (Lipinski definition) is 4. The molecule has 1 fully saturated rings. The Labute approximate surface area is 169 Å². The summed E-state index contributed by atoms with van der Waals surface area (Å²) in [6.07, 6.45) is 3.52. The van der Waals surface area contributed by atoms with Crippen molar-refractivity contribution < 1.29 is 9.53 Å². The normalized spacial score (nSPS) is 20.7. The van der Waals surface area contributed by atoms with Crippen LogP contribution in [0.5, 0.6) is 0 Å². The third-order valence-corrected chi connectivity index (χ3v) is 6.62. The van der Waals surface area contributed by atoms with Crippen molar-refractivity contribution in [2.24, 2.45) is 5.92 Å². The first-order valence-corrected chi connectivity index (χ1v) is 11.0. The zero-order chi connectivity index (χ0) is 19.7. The number of rotatable bonds is 5. The second kappa shape index (κ2) is 8.13. The van der Waals surface area contributed by atoms with E-state index in [-0.39, 0.29) is 17.4 Å². The molecular formula is C22H26N2O3S. The number of methoxy groups -OCH3 is 1. The van der Waals surface area contributed by atoms with E-state index >= 15 is 0 Å². The van der Waals surface area contributed by atoms with Gasteiger partial charge >= 0.3 is 0 Å². The molecule has 0 aliphatic carbocycles. The maximum absolute atomic E-state index is 13.2. The number of pyridine rings is 1. The zero-order valence-electron chi connectivity index (χ0n) is 16.4. The minimum atomic E-state index is 0.0864. The third-order valence-electron chi connectivity index (χ3n) is 5.88. The van der Waals surface area contributed by atoms with Gasteiger partial charge in [0.25, 0.3) is 5.56 Å². The van der Waals surface area contributed by atoms with Crippen LogP contribution in [-0.4, -0.2) is 48.4 Å². The molecule has 0 saturated carbocycles. The van der Waals surface area contributed by atoms with Crippen LogP contribution in [-0.2, 0) is 16.1 Å². The summed E-state index contributed by atoms with van der Waals surface area (Å²) >= 11 is 1.69. The molecule has 6 heteroatoms. The molecule has 148 valence electrons. The van der Waals surface area contributed by atoms with Crippen molar-refractivity contribution in [1.29, 1.82) is 0 Å². The Kier molecular flexibility index (Phi) is 5.60. The largest absolute Gasteiger partial charge is 0.384 e. The molecule has 1 amide bonds. The SMILES string of the molecule is COCCC(=O)N1C[C@H]2C[C@H](C1)c1ccc(-c3ccc(SC)cc3)c(=O)n1C2. The van der Waals surface area contributed by atoms with Crippen molar-refractivity contribution in [2.45, 2.75) is 30.2 Å². The molecule has 2 atom stereocenters. The van der Waals surface area contributed by atoms with Gasteiger partial charge in [-0.25, -0.2) is 0 Å². The van der Waals surface area contributed by atoms with Gasteiger partial charge in [0.2, 0.25) is 5.91 Å². The summed E-state index contributed by atoms with van der Waals surface area (Å²) in [5.74, 6) is 0.724. The van der Waals surface area contributed by atoms with Crippen molar-refractivity contribution >= 4 is 17.7 Å². The fraction of sp³-hybridized carbons (Fsp3) is 0.455. The van der Waals surface area contributed by atoms with E-state index in [4.69, 9.17) is 4.74 Å². The van der Waals surface area contributed by atoms with Gasteiger partial charge in [0.05, 0.1) is 13.0 Å². The predicted octanol–water partition coefficient (Wildman–Crippen LogP) is 3.22. The first kappa shape index (κ1) is 19.3. The van der Waals surface area contributed by atoms with Crippen LogP contribution >= 0.6 is 11.8 Å². The monoisotopic (exact) mass is 398 g/mol. The number of benzene rings is 1. The van der Waals surface area contributed by atoms with E-state index < -0.39 is 0 Å². The van der Waals surface area contributed by atoms with Gasteiger partial charge in [0.1, 0.15) is 0 Å². The number of carbonyl (C=O) groups is 1. The zero-order valence-corrected chi connectivity index (χ0v) is 17.2. The average Bonchev–Trinajstić information content (AvgIpc) is 2.73. The maximum atomic E-state index is 13.2. The van der Waals surface area contributed by atoms with Gasteiger partial charge in [0, 0.05) is 48.8 Å². The summed E-state index contributed by atoms with van der Waals surface area (Å²) in [6.45, 7) is 2.58. The highest BCUT2D eigenvalue weighted by atomic mass is 32.2. The summed E-state index contributed by atoms with van der Waals surface area (Å²) in [5.41, 5.74) is 2.87. The van der Waals surface area contributed by atoms with E-state index in [1.54, 1.807) is 18.9 Å². The van der Waals surface area contributed by atoms with Crippen molar-refractivity contribution in [1.82, 2.24) is 9.47 Å². The number of likely N-dealkylation sites (tertiary alicyclic amines) is 1. The lowest BCUT2D eigenvalue weighted by Gasteiger charge is -2.43. The van der Waals surface area contributed by atoms with Crippen molar-refractivity contribution in [2.75, 3.05) is 33.1 Å². The molecular weight excluding hydrogens is 372 g/mol. The molecule has 5 nitrogen and oxygen atoms in total. The highest BCUT2D eigenvalue weighted by Crippen LogP contribution is 2.36. The average molecular weight is 399 g/mol. The van der Waals surface area contributed by atoms with E-state index in [0.29, 0.717) is 32.0 Å². The Morgan fingerprint density at radius 3 is 2.64 bits per heavy atom. The van der Waals surface area contributed by atoms with Crippen LogP contribution in [0.1, 0.15) is 24.5 Å². The van der Waals surface area contributed by atoms with Gasteiger partial charge in [-0.15, -0.1) is 11.8 Å². The van der Waals surface area contributed by atoms with Crippen LogP contribution in [0.15, 0.2) is 46.1 Å². The molecule has 1 aromatic heterocycles. The molecule has 2 aromatic rings. The molecule has 1 saturated heterocycles. The molecule has 0 radical (unpaired) electrons. The van der Waals surface area contributed by atoms with E-state index in [2.05, 4.69) is 18.2 Å². The smallest absolute Gasteiger partial charge is 0.258 e. The van der Waals surface area contributed by atoms with E-state index in [9.17, 15) is 9.59 Å². The molecule has 0 unspecified atom stereocenters. The van der Waals surface area contributed by atoms with Gasteiger partial charge in [-0.3, -0.25) is 9.59 Å². The summed E-state index contributed by atoms with van der Waals surface area (Å²) in [4.78, 5) is 28.8. The first-order valence-electron chi connectivity index (χ1n) is 9.75. The van der Waals surface area contributed by atoms with Crippen LogP contribution in [0, 0.1) is 5.92 Å². The summed E-state index contributed by atoms with van der Waals surface area (Å²) in [5, 5.41) is 0. The maximum Gasteiger partial charge on any atom is 0.258 e. The topological polar surface area (TPSA) is 51.5 Å². The van der Waals surface area contributed by atoms with E-state index in [1.807, 2.05) is 33.9 Å². The third kappa shape index (κ3) is 3.63. The van der Waals surface area contributed by atoms with Crippen LogP contribution in [0.4, 0.5) is 0 Å². The molecule has 2 bridgehead atoms. The molecule has 0 spiro atoms. The quantitative estimate of drug-likeness (QED) is 0.726. The number of thioether (sulfide) groups is 1. The van der Waals surface area contributed by atoms with Crippen molar-refractivity contribution in [3.8, 4) is 11.1 Å². The van der Waals surface area contributed by atoms with Crippen molar-refractivity contribution in [3.63, 3.8) is 0 Å². The lowest BCUT2D eigenvalue weighted by Crippen LogP contribution is -2.49. The second-order valence-electron chi connectivity index (χ2n) is 7.66. The Morgan fingerprint density at radius 1 is 1.14 bits per heavy atom. The number of aromatic nitrogens is 1. The number of nitrogens with zero attached hydrogens (tertiary/aromatic N) is 2. The molecule has 3 heterocycles. The standard InChI is InChI=1S/C22H26N2O3S/c1-27-10-9-21(25)23-12-15-11-17(14-23)20-8-7-19(22(26)24(20)13-15)16-3-5-18(28-2)6-4-16/h3-8,15,17H,9-14H2,1-2H3/t15-,17-/m1/s1. The van der Waals surface area contributed by atoms with Crippen LogP contribution in [0.25, 0.3) is 11.1 Å². The molecule has 0 N–H and O–H groups in total. The minimum absolute atomic E-state index is 0.0864. The number of carbonyl (C=O) groups excluding carboxylic acids is 1. The Balaban J connectivity index is 1.61. The number of hydrogen-bond donors (Lipinski definition) is 0. The fourth-order valence-corrected chi connectivity index (χ4v) is 4.90. The van der Waals surface area contributed by atoms with Crippen LogP contribution < -0.4 is 5.56 Å². The summed E-state index contributed by atoms with van der Waals surface area (Å²) < 4.78 is 7.00.